The van der Waals surface area contributed by atoms with Crippen LogP contribution in [-0.2, 0) is 0 Å². The lowest BCUT2D eigenvalue weighted by atomic mass is 9.98. The summed E-state index contributed by atoms with van der Waals surface area (Å²) in [5.74, 6) is 3.59. The molecule has 1 N–H and O–H groups in total. The van der Waals surface area contributed by atoms with E-state index in [1.54, 1.807) is 7.11 Å². The molecule has 0 fully saturated rings. The summed E-state index contributed by atoms with van der Waals surface area (Å²) in [4.78, 5) is 12.4. The van der Waals surface area contributed by atoms with E-state index in [9.17, 15) is 0 Å². The summed E-state index contributed by atoms with van der Waals surface area (Å²) in [6, 6.07) is 29.4. The highest BCUT2D eigenvalue weighted by molar-refractivity contribution is 9.10. The number of anilines is 2. The number of benzene rings is 3. The molecule has 0 radical (unpaired) electrons. The summed E-state index contributed by atoms with van der Waals surface area (Å²) in [5.41, 5.74) is 5.42. The number of hydrogen-bond acceptors (Lipinski definition) is 7. The van der Waals surface area contributed by atoms with Gasteiger partial charge in [0.1, 0.15) is 17.6 Å². The number of ether oxygens (including phenoxy) is 1. The molecule has 0 spiro atoms. The smallest absolute Gasteiger partial charge is 0.179 e. The van der Waals surface area contributed by atoms with E-state index in [1.807, 2.05) is 96.5 Å². The van der Waals surface area contributed by atoms with Crippen molar-refractivity contribution in [1.29, 1.82) is 0 Å². The maximum absolute atomic E-state index is 6.20. The van der Waals surface area contributed by atoms with Crippen molar-refractivity contribution in [3.63, 3.8) is 0 Å². The number of nitrogens with one attached hydrogen (secondary N) is 1. The number of para-hydroxylation sites is 3. The third-order valence-electron chi connectivity index (χ3n) is 6.86. The summed E-state index contributed by atoms with van der Waals surface area (Å²) >= 11 is 3.50. The van der Waals surface area contributed by atoms with Crippen molar-refractivity contribution >= 4 is 50.5 Å². The predicted octanol–water partition coefficient (Wildman–Crippen LogP) is 7.34. The van der Waals surface area contributed by atoms with Crippen molar-refractivity contribution in [3.05, 3.63) is 113 Å². The zero-order chi connectivity index (χ0) is 26.5. The quantitative estimate of drug-likeness (QED) is 0.241. The van der Waals surface area contributed by atoms with E-state index < -0.39 is 0 Å². The van der Waals surface area contributed by atoms with E-state index in [2.05, 4.69) is 32.2 Å². The van der Waals surface area contributed by atoms with Crippen LogP contribution < -0.4 is 15.0 Å². The molecule has 0 saturated carbocycles. The normalized spacial score (nSPS) is 15.6. The fourth-order valence-electron chi connectivity index (χ4n) is 5.10. The third kappa shape index (κ3) is 3.93. The Morgan fingerprint density at radius 1 is 0.897 bits per heavy atom. The monoisotopic (exact) mass is 578 g/mol. The Bertz CT molecular complexity index is 1750. The van der Waals surface area contributed by atoms with Gasteiger partial charge in [-0.15, -0.1) is 0 Å². The van der Waals surface area contributed by atoms with Crippen LogP contribution in [0.4, 0.5) is 22.9 Å². The zero-order valence-corrected chi connectivity index (χ0v) is 22.8. The fourth-order valence-corrected chi connectivity index (χ4v) is 5.42. The number of halogens is 1. The molecule has 4 heterocycles. The molecule has 2 aliphatic heterocycles. The number of aliphatic imine (C=N–C) groups is 2. The second kappa shape index (κ2) is 9.28. The van der Waals surface area contributed by atoms with Crippen molar-refractivity contribution in [2.75, 3.05) is 17.3 Å². The minimum Gasteiger partial charge on any atom is -0.497 e. The fraction of sp³-hybridized carbons (Fsp3) is 0.100. The lowest BCUT2D eigenvalue weighted by molar-refractivity contribution is 0.415. The largest absolute Gasteiger partial charge is 0.497 e. The molecule has 0 amide bonds. The van der Waals surface area contributed by atoms with E-state index in [1.165, 1.54) is 0 Å². The van der Waals surface area contributed by atoms with Gasteiger partial charge in [-0.1, -0.05) is 30.3 Å². The van der Waals surface area contributed by atoms with Crippen LogP contribution in [0.3, 0.4) is 0 Å². The Balaban J connectivity index is 1.47. The first-order chi connectivity index (χ1) is 19.1. The number of methoxy groups -OCH3 is 1. The molecule has 9 heteroatoms. The predicted molar refractivity (Wildman–Crippen MR) is 156 cm³/mol. The molecule has 2 aliphatic rings. The molecular weight excluding hydrogens is 556 g/mol. The van der Waals surface area contributed by atoms with Gasteiger partial charge in [0.25, 0.3) is 0 Å². The molecule has 3 aromatic carbocycles. The van der Waals surface area contributed by atoms with Crippen LogP contribution in [0.5, 0.6) is 5.75 Å². The number of hydrogen-bond donors (Lipinski definition) is 1. The zero-order valence-electron chi connectivity index (χ0n) is 21.2. The maximum Gasteiger partial charge on any atom is 0.179 e. The molecule has 192 valence electrons. The highest BCUT2D eigenvalue weighted by atomic mass is 79.9. The van der Waals surface area contributed by atoms with Crippen molar-refractivity contribution < 1.29 is 9.15 Å². The standard InChI is InChI=1S/C30H23BrN6O2/c1-18-26-27(24-16-17-25(31)39-24)36-23-11-7-6-10-22(23)33-28(32-19-12-14-21(38-2)15-13-19)30(36)34-29(26)37(35-18)20-8-4-3-5-9-20/h3-17,27H,1-2H3,(H,32,33)/t27-/m0/s1. The van der Waals surface area contributed by atoms with Crippen LogP contribution in [0.25, 0.3) is 5.69 Å². The van der Waals surface area contributed by atoms with Gasteiger partial charge in [-0.05, 0) is 83.5 Å². The molecule has 0 bridgehead atoms. The molecular formula is C30H23BrN6O2. The third-order valence-corrected chi connectivity index (χ3v) is 7.28. The average Bonchev–Trinajstić information content (AvgIpc) is 3.55. The first kappa shape index (κ1) is 23.5. The van der Waals surface area contributed by atoms with Crippen molar-refractivity contribution in [2.45, 2.75) is 13.0 Å². The van der Waals surface area contributed by atoms with Gasteiger partial charge in [0, 0.05) is 5.69 Å². The molecule has 7 rings (SSSR count). The van der Waals surface area contributed by atoms with Crippen molar-refractivity contribution in [1.82, 2.24) is 9.78 Å². The highest BCUT2D eigenvalue weighted by Crippen LogP contribution is 2.48. The lowest BCUT2D eigenvalue weighted by Gasteiger charge is -2.39. The summed E-state index contributed by atoms with van der Waals surface area (Å²) in [5, 5.41) is 8.44. The molecule has 0 unspecified atom stereocenters. The summed E-state index contributed by atoms with van der Waals surface area (Å²) < 4.78 is 14.1. The van der Waals surface area contributed by atoms with Gasteiger partial charge in [0.15, 0.2) is 22.2 Å². The Labute approximate surface area is 233 Å². The summed E-state index contributed by atoms with van der Waals surface area (Å²) in [6.07, 6.45) is 0. The lowest BCUT2D eigenvalue weighted by Crippen LogP contribution is -2.46. The first-order valence-corrected chi connectivity index (χ1v) is 13.3. The highest BCUT2D eigenvalue weighted by Gasteiger charge is 2.42. The molecule has 39 heavy (non-hydrogen) atoms. The van der Waals surface area contributed by atoms with Gasteiger partial charge in [0.05, 0.1) is 35.4 Å². The van der Waals surface area contributed by atoms with Gasteiger partial charge in [-0.2, -0.15) is 5.10 Å². The number of rotatable bonds is 4. The second-order valence-corrected chi connectivity index (χ2v) is 10.0. The summed E-state index contributed by atoms with van der Waals surface area (Å²) in [6.45, 7) is 2.02. The number of aryl methyl sites for hydroxylation is 1. The average molecular weight is 579 g/mol. The van der Waals surface area contributed by atoms with E-state index in [4.69, 9.17) is 24.2 Å². The van der Waals surface area contributed by atoms with Gasteiger partial charge in [-0.3, -0.25) is 0 Å². The van der Waals surface area contributed by atoms with Crippen LogP contribution in [0, 0.1) is 6.92 Å². The van der Waals surface area contributed by atoms with Gasteiger partial charge in [0.2, 0.25) is 0 Å². The van der Waals surface area contributed by atoms with E-state index >= 15 is 0 Å². The SMILES string of the molecule is COc1ccc(NC2=Nc3ccccc3N3C2=Nc2c(c(C)nn2-c2ccccc2)[C@@H]3c2ccc(Br)o2)cc1. The van der Waals surface area contributed by atoms with Gasteiger partial charge >= 0.3 is 0 Å². The number of aromatic nitrogens is 2. The van der Waals surface area contributed by atoms with Crippen molar-refractivity contribution in [3.8, 4) is 11.4 Å². The Kier molecular flexibility index (Phi) is 5.59. The van der Waals surface area contributed by atoms with E-state index in [-0.39, 0.29) is 6.04 Å². The minimum atomic E-state index is -0.319. The topological polar surface area (TPSA) is 80.2 Å². The van der Waals surface area contributed by atoms with Gasteiger partial charge in [-0.25, -0.2) is 14.7 Å². The van der Waals surface area contributed by atoms with Crippen LogP contribution in [0.15, 0.2) is 110 Å². The number of furan rings is 1. The second-order valence-electron chi connectivity index (χ2n) is 9.22. The number of nitrogens with zero attached hydrogens (tertiary/aromatic N) is 5. The minimum absolute atomic E-state index is 0.319. The number of amidine groups is 2. The van der Waals surface area contributed by atoms with Gasteiger partial charge < -0.3 is 19.4 Å². The Hall–Kier alpha value is -4.63. The molecule has 8 nitrogen and oxygen atoms in total. The first-order valence-electron chi connectivity index (χ1n) is 12.5. The molecule has 0 saturated heterocycles. The Morgan fingerprint density at radius 3 is 2.41 bits per heavy atom. The molecule has 2 aromatic heterocycles. The van der Waals surface area contributed by atoms with Crippen LogP contribution in [-0.4, -0.2) is 28.6 Å². The number of fused-ring (bicyclic) bond motifs is 4. The summed E-state index contributed by atoms with van der Waals surface area (Å²) in [7, 11) is 1.65. The van der Waals surface area contributed by atoms with Crippen LogP contribution >= 0.6 is 15.9 Å². The molecule has 1 atom stereocenters. The van der Waals surface area contributed by atoms with Crippen LogP contribution in [0.1, 0.15) is 23.1 Å². The molecule has 0 aliphatic carbocycles. The van der Waals surface area contributed by atoms with E-state index in [0.29, 0.717) is 16.3 Å². The van der Waals surface area contributed by atoms with Crippen LogP contribution in [0.2, 0.25) is 0 Å². The Morgan fingerprint density at radius 2 is 1.67 bits per heavy atom. The van der Waals surface area contributed by atoms with Crippen molar-refractivity contribution in [2.24, 2.45) is 9.98 Å². The van der Waals surface area contributed by atoms with E-state index in [0.717, 1.165) is 51.3 Å². The maximum atomic E-state index is 6.20. The molecule has 5 aromatic rings.